The van der Waals surface area contributed by atoms with Crippen molar-refractivity contribution >= 4 is 22.5 Å². The minimum absolute atomic E-state index is 0.0988. The Morgan fingerprint density at radius 1 is 0.808 bits per heavy atom. The Labute approximate surface area is 155 Å². The molecule has 0 N–H and O–H groups in total. The molecule has 0 atom stereocenters. The van der Waals surface area contributed by atoms with E-state index in [1.54, 1.807) is 12.1 Å². The number of hydrogen-bond acceptors (Lipinski definition) is 4. The summed E-state index contributed by atoms with van der Waals surface area (Å²) >= 11 is 0. The van der Waals surface area contributed by atoms with Crippen LogP contribution in [0.3, 0.4) is 0 Å². The van der Waals surface area contributed by atoms with Crippen molar-refractivity contribution in [3.63, 3.8) is 0 Å². The van der Waals surface area contributed by atoms with E-state index in [0.29, 0.717) is 17.7 Å². The van der Waals surface area contributed by atoms with E-state index in [1.165, 1.54) is 0 Å². The van der Waals surface area contributed by atoms with Crippen molar-refractivity contribution in [2.45, 2.75) is 47.1 Å². The molecule has 2 aromatic carbocycles. The van der Waals surface area contributed by atoms with Crippen molar-refractivity contribution in [2.24, 2.45) is 5.41 Å². The lowest BCUT2D eigenvalue weighted by Crippen LogP contribution is -2.22. The van der Waals surface area contributed by atoms with Crippen molar-refractivity contribution < 1.29 is 19.1 Å². The zero-order valence-corrected chi connectivity index (χ0v) is 16.5. The zero-order valence-electron chi connectivity index (χ0n) is 16.5. The van der Waals surface area contributed by atoms with Crippen LogP contribution in [0, 0.1) is 5.41 Å². The quantitative estimate of drug-likeness (QED) is 0.428. The lowest BCUT2D eigenvalue weighted by molar-refractivity contribution is -0.0281. The number of benzene rings is 2. The van der Waals surface area contributed by atoms with Gasteiger partial charge in [-0.05, 0) is 49.7 Å². The topological polar surface area (TPSA) is 52.6 Å². The second-order valence-electron chi connectivity index (χ2n) is 8.45. The van der Waals surface area contributed by atoms with Gasteiger partial charge in [0.2, 0.25) is 0 Å². The number of rotatable bonds is 5. The number of esters is 1. The minimum Gasteiger partial charge on any atom is -0.460 e. The fourth-order valence-corrected chi connectivity index (χ4v) is 2.51. The van der Waals surface area contributed by atoms with Crippen molar-refractivity contribution in [2.75, 3.05) is 13.2 Å². The molecule has 0 fully saturated rings. The fraction of sp³-hybridized carbons (Fsp3) is 0.455. The van der Waals surface area contributed by atoms with Crippen LogP contribution in [-0.4, -0.2) is 30.6 Å². The predicted octanol–water partition coefficient (Wildman–Crippen LogP) is 5.04. The van der Waals surface area contributed by atoms with Crippen LogP contribution in [-0.2, 0) is 9.47 Å². The molecule has 2 rings (SSSR count). The molecule has 0 aliphatic rings. The van der Waals surface area contributed by atoms with E-state index >= 15 is 0 Å². The highest BCUT2D eigenvalue weighted by atomic mass is 16.6. The summed E-state index contributed by atoms with van der Waals surface area (Å²) in [5.74, 6) is -0.277. The standard InChI is InChI=1S/C22H28O4/c1-21(2,3)19(23)17-9-7-16-14-18(10-8-15(16)13-17)20(24)25-11-12-26-22(4,5)6/h7-10,13-14H,11-12H2,1-6H3. The second kappa shape index (κ2) is 7.58. The van der Waals surface area contributed by atoms with Crippen molar-refractivity contribution in [1.29, 1.82) is 0 Å². The first kappa shape index (κ1) is 20.1. The van der Waals surface area contributed by atoms with Crippen LogP contribution in [0.4, 0.5) is 0 Å². The molecule has 0 spiro atoms. The Kier molecular flexibility index (Phi) is 5.87. The van der Waals surface area contributed by atoms with E-state index in [1.807, 2.05) is 65.8 Å². The van der Waals surface area contributed by atoms with Crippen LogP contribution in [0.2, 0.25) is 0 Å². The number of ether oxygens (including phenoxy) is 2. The third-order valence-electron chi connectivity index (χ3n) is 3.87. The van der Waals surface area contributed by atoms with Crippen LogP contribution in [0.1, 0.15) is 62.3 Å². The molecule has 0 bridgehead atoms. The summed E-state index contributed by atoms with van der Waals surface area (Å²) in [5.41, 5.74) is 0.493. The van der Waals surface area contributed by atoms with Gasteiger partial charge in [-0.25, -0.2) is 4.79 Å². The zero-order chi connectivity index (χ0) is 19.5. The first-order valence-electron chi connectivity index (χ1n) is 8.87. The summed E-state index contributed by atoms with van der Waals surface area (Å²) in [7, 11) is 0. The number of ketones is 1. The fourth-order valence-electron chi connectivity index (χ4n) is 2.51. The largest absolute Gasteiger partial charge is 0.460 e. The molecule has 0 aromatic heterocycles. The molecular formula is C22H28O4. The average Bonchev–Trinajstić information content (AvgIpc) is 2.55. The van der Waals surface area contributed by atoms with Crippen LogP contribution in [0.15, 0.2) is 36.4 Å². The minimum atomic E-state index is -0.424. The van der Waals surface area contributed by atoms with Gasteiger partial charge < -0.3 is 9.47 Å². The number of carbonyl (C=O) groups excluding carboxylic acids is 2. The van der Waals surface area contributed by atoms with Gasteiger partial charge in [-0.15, -0.1) is 0 Å². The molecule has 0 amide bonds. The smallest absolute Gasteiger partial charge is 0.338 e. The predicted molar refractivity (Wildman–Crippen MR) is 104 cm³/mol. The maximum absolute atomic E-state index is 12.4. The Morgan fingerprint density at radius 2 is 1.35 bits per heavy atom. The SMILES string of the molecule is CC(C)(C)OCCOC(=O)c1ccc2cc(C(=O)C(C)(C)C)ccc2c1. The number of carbonyl (C=O) groups is 2. The van der Waals surface area contributed by atoms with Gasteiger partial charge in [0.25, 0.3) is 0 Å². The molecule has 0 radical (unpaired) electrons. The monoisotopic (exact) mass is 356 g/mol. The summed E-state index contributed by atoms with van der Waals surface area (Å²) in [6.07, 6.45) is 0. The van der Waals surface area contributed by atoms with Crippen molar-refractivity contribution in [3.8, 4) is 0 Å². The summed E-state index contributed by atoms with van der Waals surface area (Å²) in [6, 6.07) is 10.9. The van der Waals surface area contributed by atoms with E-state index in [4.69, 9.17) is 9.47 Å². The van der Waals surface area contributed by atoms with Gasteiger partial charge in [0, 0.05) is 11.0 Å². The van der Waals surface area contributed by atoms with Crippen LogP contribution in [0.5, 0.6) is 0 Å². The molecule has 0 unspecified atom stereocenters. The van der Waals surface area contributed by atoms with E-state index < -0.39 is 5.41 Å². The van der Waals surface area contributed by atoms with Gasteiger partial charge in [0.1, 0.15) is 6.61 Å². The van der Waals surface area contributed by atoms with Gasteiger partial charge >= 0.3 is 5.97 Å². The summed E-state index contributed by atoms with van der Waals surface area (Å²) in [6.45, 7) is 12.2. The van der Waals surface area contributed by atoms with Crippen LogP contribution >= 0.6 is 0 Å². The number of Topliss-reactive ketones (excluding diaryl/α,β-unsaturated/α-hetero) is 1. The molecule has 4 nitrogen and oxygen atoms in total. The lowest BCUT2D eigenvalue weighted by Gasteiger charge is -2.19. The molecule has 0 aliphatic heterocycles. The first-order chi connectivity index (χ1) is 12.0. The Morgan fingerprint density at radius 3 is 1.88 bits per heavy atom. The van der Waals surface area contributed by atoms with Crippen LogP contribution < -0.4 is 0 Å². The van der Waals surface area contributed by atoms with Crippen molar-refractivity contribution in [3.05, 3.63) is 47.5 Å². The molecule has 0 heterocycles. The van der Waals surface area contributed by atoms with Crippen molar-refractivity contribution in [1.82, 2.24) is 0 Å². The average molecular weight is 356 g/mol. The molecule has 140 valence electrons. The second-order valence-corrected chi connectivity index (χ2v) is 8.45. The van der Waals surface area contributed by atoms with E-state index in [-0.39, 0.29) is 24.0 Å². The van der Waals surface area contributed by atoms with E-state index in [9.17, 15) is 9.59 Å². The van der Waals surface area contributed by atoms with Crippen LogP contribution in [0.25, 0.3) is 10.8 Å². The third kappa shape index (κ3) is 5.40. The molecule has 26 heavy (non-hydrogen) atoms. The molecule has 2 aromatic rings. The number of fused-ring (bicyclic) bond motifs is 1. The molecule has 0 saturated heterocycles. The van der Waals surface area contributed by atoms with Gasteiger partial charge in [-0.3, -0.25) is 4.79 Å². The summed E-state index contributed by atoms with van der Waals surface area (Å²) in [4.78, 5) is 24.6. The highest BCUT2D eigenvalue weighted by molar-refractivity contribution is 6.03. The highest BCUT2D eigenvalue weighted by Gasteiger charge is 2.23. The molecular weight excluding hydrogens is 328 g/mol. The summed E-state index contributed by atoms with van der Waals surface area (Å²) in [5, 5.41) is 1.82. The summed E-state index contributed by atoms with van der Waals surface area (Å²) < 4.78 is 10.8. The third-order valence-corrected chi connectivity index (χ3v) is 3.87. The van der Waals surface area contributed by atoms with E-state index in [2.05, 4.69) is 0 Å². The van der Waals surface area contributed by atoms with Gasteiger partial charge in [0.05, 0.1) is 17.8 Å². The molecule has 0 saturated carbocycles. The maximum atomic E-state index is 12.4. The molecule has 0 aliphatic carbocycles. The molecule has 4 heteroatoms. The normalized spacial score (nSPS) is 12.2. The number of hydrogen-bond donors (Lipinski definition) is 0. The first-order valence-corrected chi connectivity index (χ1v) is 8.87. The highest BCUT2D eigenvalue weighted by Crippen LogP contribution is 2.24. The van der Waals surface area contributed by atoms with Gasteiger partial charge in [0.15, 0.2) is 5.78 Å². The maximum Gasteiger partial charge on any atom is 0.338 e. The Hall–Kier alpha value is -2.20. The van der Waals surface area contributed by atoms with Gasteiger partial charge in [-0.1, -0.05) is 39.0 Å². The van der Waals surface area contributed by atoms with E-state index in [0.717, 1.165) is 10.8 Å². The van der Waals surface area contributed by atoms with Gasteiger partial charge in [-0.2, -0.15) is 0 Å². The Balaban J connectivity index is 2.09. The lowest BCUT2D eigenvalue weighted by atomic mass is 9.86. The Bertz CT molecular complexity index is 807.